The zero-order chi connectivity index (χ0) is 24.4. The number of fused-ring (bicyclic) bond motifs is 2. The fraction of sp³-hybridized carbons (Fsp3) is 0.429. The lowest BCUT2D eigenvalue weighted by atomic mass is 9.91. The number of esters is 1. The minimum atomic E-state index is -0.249. The first-order valence-electron chi connectivity index (χ1n) is 12.4. The fourth-order valence-electron chi connectivity index (χ4n) is 5.49. The molecule has 2 saturated heterocycles. The van der Waals surface area contributed by atoms with Crippen molar-refractivity contribution in [3.63, 3.8) is 0 Å². The van der Waals surface area contributed by atoms with Gasteiger partial charge in [0.1, 0.15) is 12.7 Å². The molecule has 5 rings (SSSR count). The first kappa shape index (κ1) is 23.6. The molecule has 0 aliphatic carbocycles. The molecule has 0 spiro atoms. The molecule has 2 aromatic rings. The second-order valence-electron chi connectivity index (χ2n) is 9.73. The number of hydrogen-bond acceptors (Lipinski definition) is 6. The Hall–Kier alpha value is -3.16. The average Bonchev–Trinajstić information content (AvgIpc) is 2.87. The second-order valence-corrected chi connectivity index (χ2v) is 9.73. The van der Waals surface area contributed by atoms with Gasteiger partial charge in [-0.05, 0) is 29.7 Å². The predicted octanol–water partition coefficient (Wildman–Crippen LogP) is 3.65. The maximum Gasteiger partial charge on any atom is 0.410 e. The molecule has 3 atom stereocenters. The maximum atomic E-state index is 12.7. The molecule has 3 heterocycles. The van der Waals surface area contributed by atoms with Crippen LogP contribution in [0.3, 0.4) is 0 Å². The van der Waals surface area contributed by atoms with Gasteiger partial charge in [-0.1, -0.05) is 48.5 Å². The number of benzene rings is 2. The molecular formula is C28H33N3O4. The third-order valence-corrected chi connectivity index (χ3v) is 7.27. The third-order valence-electron chi connectivity index (χ3n) is 7.27. The van der Waals surface area contributed by atoms with Gasteiger partial charge in [0.05, 0.1) is 5.56 Å². The van der Waals surface area contributed by atoms with E-state index in [1.165, 1.54) is 5.56 Å². The highest BCUT2D eigenvalue weighted by molar-refractivity contribution is 5.92. The van der Waals surface area contributed by atoms with Gasteiger partial charge < -0.3 is 14.4 Å². The van der Waals surface area contributed by atoms with Gasteiger partial charge >= 0.3 is 12.1 Å². The number of amides is 1. The van der Waals surface area contributed by atoms with Crippen LogP contribution < -0.4 is 0 Å². The van der Waals surface area contributed by atoms with Crippen LogP contribution in [0.15, 0.2) is 61.2 Å². The van der Waals surface area contributed by atoms with Crippen molar-refractivity contribution in [1.29, 1.82) is 0 Å². The average molecular weight is 476 g/mol. The van der Waals surface area contributed by atoms with Crippen LogP contribution in [0, 0.1) is 0 Å². The molecule has 0 saturated carbocycles. The van der Waals surface area contributed by atoms with Crippen molar-refractivity contribution in [3.8, 4) is 0 Å². The summed E-state index contributed by atoms with van der Waals surface area (Å²) in [6.07, 6.45) is 2.34. The molecule has 1 amide bonds. The zero-order valence-corrected chi connectivity index (χ0v) is 20.3. The van der Waals surface area contributed by atoms with E-state index in [4.69, 9.17) is 9.47 Å². The van der Waals surface area contributed by atoms with E-state index in [0.717, 1.165) is 43.7 Å². The standard InChI is InChI=1S/C28H33N3O4/c1-3-11-30-16-24-17-31(28(33)34-19-21-7-5-4-6-8-21)13-12-29(24)18-26(30)22-9-10-25-23(15-22)14-20(2)35-27(25)32/h3-10,15,20,24,26H,1,11-14,16-19H2,2H3/t20-,24-,26?/m1/s1. The van der Waals surface area contributed by atoms with Gasteiger partial charge in [-0.15, -0.1) is 6.58 Å². The van der Waals surface area contributed by atoms with Crippen molar-refractivity contribution in [3.05, 3.63) is 83.4 Å². The Kier molecular flexibility index (Phi) is 6.88. The number of hydrogen-bond donors (Lipinski definition) is 0. The Morgan fingerprint density at radius 3 is 2.77 bits per heavy atom. The lowest BCUT2D eigenvalue weighted by Crippen LogP contribution is -2.63. The highest BCUT2D eigenvalue weighted by Gasteiger charge is 2.39. The van der Waals surface area contributed by atoms with Crippen molar-refractivity contribution in [1.82, 2.24) is 14.7 Å². The molecule has 7 nitrogen and oxygen atoms in total. The number of carbonyl (C=O) groups excluding carboxylic acids is 2. The normalized spacial score (nSPS) is 24.8. The molecule has 7 heteroatoms. The van der Waals surface area contributed by atoms with Crippen LogP contribution in [0.2, 0.25) is 0 Å². The first-order chi connectivity index (χ1) is 17.0. The molecule has 35 heavy (non-hydrogen) atoms. The molecule has 0 aromatic heterocycles. The quantitative estimate of drug-likeness (QED) is 0.486. The monoisotopic (exact) mass is 475 g/mol. The van der Waals surface area contributed by atoms with Crippen molar-refractivity contribution in [2.24, 2.45) is 0 Å². The summed E-state index contributed by atoms with van der Waals surface area (Å²) in [7, 11) is 0. The van der Waals surface area contributed by atoms with Crippen LogP contribution in [0.4, 0.5) is 4.79 Å². The molecule has 0 radical (unpaired) electrons. The lowest BCUT2D eigenvalue weighted by Gasteiger charge is -2.50. The van der Waals surface area contributed by atoms with Crippen molar-refractivity contribution in [2.45, 2.75) is 38.1 Å². The third kappa shape index (κ3) is 5.11. The summed E-state index contributed by atoms with van der Waals surface area (Å²) in [5.74, 6) is -0.229. The molecule has 3 aliphatic heterocycles. The number of cyclic esters (lactones) is 1. The van der Waals surface area contributed by atoms with Gasteiger partial charge in [0.2, 0.25) is 0 Å². The minimum Gasteiger partial charge on any atom is -0.459 e. The Morgan fingerprint density at radius 2 is 1.97 bits per heavy atom. The largest absolute Gasteiger partial charge is 0.459 e. The molecule has 2 fully saturated rings. The number of ether oxygens (including phenoxy) is 2. The van der Waals surface area contributed by atoms with Gasteiger partial charge in [0.15, 0.2) is 0 Å². The van der Waals surface area contributed by atoms with Crippen LogP contribution >= 0.6 is 0 Å². The summed E-state index contributed by atoms with van der Waals surface area (Å²) in [5.41, 5.74) is 3.96. The molecule has 3 aliphatic rings. The maximum absolute atomic E-state index is 12.7. The summed E-state index contributed by atoms with van der Waals surface area (Å²) in [4.78, 5) is 31.8. The Labute approximate surface area is 206 Å². The molecule has 0 bridgehead atoms. The van der Waals surface area contributed by atoms with Gasteiger partial charge in [-0.3, -0.25) is 9.80 Å². The van der Waals surface area contributed by atoms with Gasteiger partial charge in [0, 0.05) is 57.8 Å². The van der Waals surface area contributed by atoms with Gasteiger partial charge in [-0.2, -0.15) is 0 Å². The summed E-state index contributed by atoms with van der Waals surface area (Å²) >= 11 is 0. The SMILES string of the molecule is C=CCN1C[C@@H]2CN(C(=O)OCc3ccccc3)CCN2CC1c1ccc2c(c1)C[C@@H](C)OC2=O. The van der Waals surface area contributed by atoms with Crippen LogP contribution in [-0.4, -0.2) is 78.2 Å². The van der Waals surface area contributed by atoms with E-state index in [1.54, 1.807) is 0 Å². The first-order valence-corrected chi connectivity index (χ1v) is 12.4. The van der Waals surface area contributed by atoms with Gasteiger partial charge in [0.25, 0.3) is 0 Å². The highest BCUT2D eigenvalue weighted by atomic mass is 16.6. The zero-order valence-electron chi connectivity index (χ0n) is 20.3. The molecule has 2 aromatic carbocycles. The van der Waals surface area contributed by atoms with Crippen LogP contribution in [-0.2, 0) is 22.5 Å². The van der Waals surface area contributed by atoms with E-state index in [0.29, 0.717) is 25.3 Å². The van der Waals surface area contributed by atoms with E-state index in [-0.39, 0.29) is 30.3 Å². The van der Waals surface area contributed by atoms with E-state index in [9.17, 15) is 9.59 Å². The highest BCUT2D eigenvalue weighted by Crippen LogP contribution is 2.32. The summed E-state index contributed by atoms with van der Waals surface area (Å²) in [6.45, 7) is 10.8. The van der Waals surface area contributed by atoms with Crippen LogP contribution in [0.1, 0.15) is 40.0 Å². The summed E-state index contributed by atoms with van der Waals surface area (Å²) < 4.78 is 11.0. The topological polar surface area (TPSA) is 62.3 Å². The molecule has 1 unspecified atom stereocenters. The number of carbonyl (C=O) groups is 2. The van der Waals surface area contributed by atoms with Crippen molar-refractivity contribution in [2.75, 3.05) is 39.3 Å². The molecule has 0 N–H and O–H groups in total. The molecule has 184 valence electrons. The van der Waals surface area contributed by atoms with Crippen LogP contribution in [0.5, 0.6) is 0 Å². The fourth-order valence-corrected chi connectivity index (χ4v) is 5.49. The number of piperazine rings is 2. The number of rotatable bonds is 5. The van der Waals surface area contributed by atoms with E-state index >= 15 is 0 Å². The smallest absolute Gasteiger partial charge is 0.410 e. The summed E-state index contributed by atoms with van der Waals surface area (Å²) in [6, 6.07) is 16.4. The van der Waals surface area contributed by atoms with E-state index < -0.39 is 0 Å². The summed E-state index contributed by atoms with van der Waals surface area (Å²) in [5, 5.41) is 0. The van der Waals surface area contributed by atoms with E-state index in [2.05, 4.69) is 28.5 Å². The minimum absolute atomic E-state index is 0.0972. The Morgan fingerprint density at radius 1 is 1.14 bits per heavy atom. The lowest BCUT2D eigenvalue weighted by molar-refractivity contribution is -0.0155. The Balaban J connectivity index is 1.26. The van der Waals surface area contributed by atoms with Crippen molar-refractivity contribution >= 4 is 12.1 Å². The second kappa shape index (κ2) is 10.2. The van der Waals surface area contributed by atoms with Crippen LogP contribution in [0.25, 0.3) is 0 Å². The van der Waals surface area contributed by atoms with E-state index in [1.807, 2.05) is 54.3 Å². The molecular weight excluding hydrogens is 442 g/mol. The van der Waals surface area contributed by atoms with Crippen molar-refractivity contribution < 1.29 is 19.1 Å². The Bertz CT molecular complexity index is 1090. The number of nitrogens with zero attached hydrogens (tertiary/aromatic N) is 3. The predicted molar refractivity (Wildman–Crippen MR) is 133 cm³/mol. The van der Waals surface area contributed by atoms with Gasteiger partial charge in [-0.25, -0.2) is 9.59 Å².